The van der Waals surface area contributed by atoms with Crippen LogP contribution in [0.15, 0.2) is 24.3 Å². The van der Waals surface area contributed by atoms with Crippen LogP contribution in [0.2, 0.25) is 0 Å². The molecular weight excluding hydrogens is 244 g/mol. The summed E-state index contributed by atoms with van der Waals surface area (Å²) in [6.07, 6.45) is 0. The summed E-state index contributed by atoms with van der Waals surface area (Å²) >= 11 is 0. The number of rotatable bonds is 5. The van der Waals surface area contributed by atoms with Gasteiger partial charge in [0.25, 0.3) is 0 Å². The smallest absolute Gasteiger partial charge is 0.319 e. The van der Waals surface area contributed by atoms with E-state index in [1.165, 1.54) is 7.11 Å². The molecule has 0 aliphatic rings. The predicted octanol–water partition coefficient (Wildman–Crippen LogP) is 0.428. The van der Waals surface area contributed by atoms with Crippen molar-refractivity contribution in [1.82, 2.24) is 5.32 Å². The van der Waals surface area contributed by atoms with Crippen molar-refractivity contribution in [3.05, 3.63) is 24.3 Å². The van der Waals surface area contributed by atoms with Crippen LogP contribution in [0, 0.1) is 0 Å². The van der Waals surface area contributed by atoms with Crippen molar-refractivity contribution in [2.45, 2.75) is 0 Å². The highest BCUT2D eigenvalue weighted by molar-refractivity contribution is 7.72. The fraction of sp³-hybridized carbons (Fsp3) is 0.300. The molecule has 0 saturated heterocycles. The maximum atomic E-state index is 11.3. The van der Waals surface area contributed by atoms with Crippen LogP contribution in [0.1, 0.15) is 0 Å². The summed E-state index contributed by atoms with van der Waals surface area (Å²) in [5, 5.41) is 4.99. The molecular formula is C10H14N2O4S. The molecule has 0 bridgehead atoms. The number of urea groups is 1. The number of carbonyl (C=O) groups is 1. The van der Waals surface area contributed by atoms with Crippen molar-refractivity contribution in [2.75, 3.05) is 24.7 Å². The summed E-state index contributed by atoms with van der Waals surface area (Å²) in [4.78, 5) is 11.3. The van der Waals surface area contributed by atoms with Crippen molar-refractivity contribution >= 4 is 22.4 Å². The third kappa shape index (κ3) is 5.21. The number of amides is 2. The number of nitrogens with one attached hydrogen (secondary N) is 2. The van der Waals surface area contributed by atoms with Crippen molar-refractivity contribution in [2.24, 2.45) is 0 Å². The van der Waals surface area contributed by atoms with Gasteiger partial charge in [0.15, 0.2) is 0 Å². The van der Waals surface area contributed by atoms with E-state index in [-0.39, 0.29) is 12.3 Å². The lowest BCUT2D eigenvalue weighted by Gasteiger charge is -2.07. The highest BCUT2D eigenvalue weighted by Crippen LogP contribution is 2.16. The topological polar surface area (TPSA) is 84.5 Å². The zero-order valence-corrected chi connectivity index (χ0v) is 10.2. The van der Waals surface area contributed by atoms with Gasteiger partial charge in [0, 0.05) is 18.3 Å². The monoisotopic (exact) mass is 258 g/mol. The Morgan fingerprint density at radius 2 is 2.18 bits per heavy atom. The van der Waals surface area contributed by atoms with E-state index in [1.807, 2.05) is 0 Å². The molecule has 0 saturated carbocycles. The molecule has 1 aromatic carbocycles. The SMILES string of the molecule is COc1cccc(NC(=O)NCC[SH](=O)=O)c1. The summed E-state index contributed by atoms with van der Waals surface area (Å²) < 4.78 is 25.5. The van der Waals surface area contributed by atoms with Gasteiger partial charge >= 0.3 is 6.03 Å². The van der Waals surface area contributed by atoms with Gasteiger partial charge in [0.05, 0.1) is 12.9 Å². The number of anilines is 1. The lowest BCUT2D eigenvalue weighted by molar-refractivity contribution is 0.252. The van der Waals surface area contributed by atoms with E-state index >= 15 is 0 Å². The van der Waals surface area contributed by atoms with Crippen molar-refractivity contribution in [1.29, 1.82) is 0 Å². The Morgan fingerprint density at radius 1 is 1.41 bits per heavy atom. The largest absolute Gasteiger partial charge is 0.497 e. The number of methoxy groups -OCH3 is 1. The van der Waals surface area contributed by atoms with Gasteiger partial charge in [-0.1, -0.05) is 6.07 Å². The second kappa shape index (κ2) is 6.74. The van der Waals surface area contributed by atoms with Crippen LogP contribution in [-0.4, -0.2) is 33.9 Å². The summed E-state index contributed by atoms with van der Waals surface area (Å²) in [5.74, 6) is 0.561. The molecule has 0 aliphatic heterocycles. The average molecular weight is 258 g/mol. The average Bonchev–Trinajstić information content (AvgIpc) is 2.28. The Labute approximate surface area is 101 Å². The molecule has 2 amide bonds. The van der Waals surface area contributed by atoms with Gasteiger partial charge in [0.1, 0.15) is 16.5 Å². The van der Waals surface area contributed by atoms with Crippen LogP contribution in [-0.2, 0) is 10.7 Å². The molecule has 0 aliphatic carbocycles. The highest BCUT2D eigenvalue weighted by Gasteiger charge is 2.01. The van der Waals surface area contributed by atoms with Crippen LogP contribution < -0.4 is 15.4 Å². The first-order valence-electron chi connectivity index (χ1n) is 4.92. The quantitative estimate of drug-likeness (QED) is 0.669. The molecule has 1 rings (SSSR count). The Kier molecular flexibility index (Phi) is 5.28. The number of thiol groups is 1. The second-order valence-electron chi connectivity index (χ2n) is 3.17. The molecule has 0 spiro atoms. The molecule has 0 fully saturated rings. The third-order valence-corrected chi connectivity index (χ3v) is 2.50. The zero-order valence-electron chi connectivity index (χ0n) is 9.30. The number of hydrogen-bond donors (Lipinski definition) is 3. The van der Waals surface area contributed by atoms with Crippen molar-refractivity contribution in [3.63, 3.8) is 0 Å². The van der Waals surface area contributed by atoms with Crippen LogP contribution in [0.25, 0.3) is 0 Å². The standard InChI is InChI=1S/C10H14N2O4S/c1-16-9-4-2-3-8(7-9)12-10(13)11-5-6-17(14)15/h2-4,7,17H,5-6H2,1H3,(H2,11,12,13). The first kappa shape index (κ1) is 13.3. The molecule has 7 heteroatoms. The second-order valence-corrected chi connectivity index (χ2v) is 4.28. The number of hydrogen-bond acceptors (Lipinski definition) is 4. The lowest BCUT2D eigenvalue weighted by atomic mass is 10.3. The summed E-state index contributed by atoms with van der Waals surface area (Å²) in [7, 11) is -0.929. The lowest BCUT2D eigenvalue weighted by Crippen LogP contribution is -2.31. The van der Waals surface area contributed by atoms with Crippen LogP contribution in [0.3, 0.4) is 0 Å². The minimum Gasteiger partial charge on any atom is -0.497 e. The van der Waals surface area contributed by atoms with E-state index < -0.39 is 16.7 Å². The zero-order chi connectivity index (χ0) is 12.7. The normalized spacial score (nSPS) is 10.0. The molecule has 0 atom stereocenters. The molecule has 0 aromatic heterocycles. The Morgan fingerprint density at radius 3 is 2.82 bits per heavy atom. The first-order chi connectivity index (χ1) is 8.11. The highest BCUT2D eigenvalue weighted by atomic mass is 32.2. The first-order valence-corrected chi connectivity index (χ1v) is 6.29. The van der Waals surface area contributed by atoms with Crippen molar-refractivity contribution in [3.8, 4) is 5.75 Å². The molecule has 0 radical (unpaired) electrons. The van der Waals surface area contributed by atoms with E-state index in [2.05, 4.69) is 10.6 Å². The molecule has 94 valence electrons. The fourth-order valence-corrected chi connectivity index (χ4v) is 1.43. The van der Waals surface area contributed by atoms with Crippen molar-refractivity contribution < 1.29 is 17.9 Å². The van der Waals surface area contributed by atoms with E-state index in [4.69, 9.17) is 4.74 Å². The van der Waals surface area contributed by atoms with Gasteiger partial charge in [-0.2, -0.15) is 0 Å². The van der Waals surface area contributed by atoms with E-state index in [9.17, 15) is 13.2 Å². The number of benzene rings is 1. The molecule has 0 heterocycles. The molecule has 6 nitrogen and oxygen atoms in total. The van der Waals surface area contributed by atoms with Crippen LogP contribution in [0.4, 0.5) is 10.5 Å². The van der Waals surface area contributed by atoms with Gasteiger partial charge in [-0.15, -0.1) is 0 Å². The molecule has 0 unspecified atom stereocenters. The summed E-state index contributed by atoms with van der Waals surface area (Å²) in [6.45, 7) is 0.0918. The molecule has 1 aromatic rings. The van der Waals surface area contributed by atoms with Gasteiger partial charge in [-0.3, -0.25) is 0 Å². The van der Waals surface area contributed by atoms with Gasteiger partial charge in [-0.25, -0.2) is 13.2 Å². The van der Waals surface area contributed by atoms with Gasteiger partial charge in [-0.05, 0) is 12.1 Å². The molecule has 17 heavy (non-hydrogen) atoms. The Hall–Kier alpha value is -1.76. The predicted molar refractivity (Wildman–Crippen MR) is 65.2 cm³/mol. The van der Waals surface area contributed by atoms with E-state index in [0.717, 1.165) is 0 Å². The van der Waals surface area contributed by atoms with Crippen LogP contribution in [0.5, 0.6) is 5.75 Å². The van der Waals surface area contributed by atoms with Crippen LogP contribution >= 0.6 is 0 Å². The summed E-state index contributed by atoms with van der Waals surface area (Å²) in [6, 6.07) is 6.41. The third-order valence-electron chi connectivity index (χ3n) is 1.91. The molecule has 2 N–H and O–H groups in total. The minimum absolute atomic E-state index is 0.0686. The maximum Gasteiger partial charge on any atom is 0.319 e. The Bertz CT molecular complexity index is 451. The summed E-state index contributed by atoms with van der Waals surface area (Å²) in [5.41, 5.74) is 0.577. The van der Waals surface area contributed by atoms with Gasteiger partial charge < -0.3 is 15.4 Å². The Balaban J connectivity index is 2.44. The fourth-order valence-electron chi connectivity index (χ4n) is 1.14. The number of ether oxygens (including phenoxy) is 1. The number of carbonyl (C=O) groups excluding carboxylic acids is 1. The maximum absolute atomic E-state index is 11.3. The van der Waals surface area contributed by atoms with E-state index in [0.29, 0.717) is 11.4 Å². The minimum atomic E-state index is -2.46. The van der Waals surface area contributed by atoms with Gasteiger partial charge in [0.2, 0.25) is 0 Å². The van der Waals surface area contributed by atoms with E-state index in [1.54, 1.807) is 24.3 Å².